The van der Waals surface area contributed by atoms with E-state index < -0.39 is 11.8 Å². The molecule has 0 saturated carbocycles. The standard InChI is InChI=1S/C22H31N3O4/c1-3-19(18-10-9-16-7-5-6-8-17(16)15-18)23-20(26)21(27)24-11-13-25(14-12-24)22(28)29-4-2/h9-10,15,19H,3-8,11-14H2,1-2H3,(H,23,26). The average Bonchev–Trinajstić information content (AvgIpc) is 2.76. The Bertz CT molecular complexity index is 756. The van der Waals surface area contributed by atoms with Gasteiger partial charge in [0.05, 0.1) is 12.6 Å². The van der Waals surface area contributed by atoms with Crippen LogP contribution in [0.25, 0.3) is 0 Å². The zero-order chi connectivity index (χ0) is 20.8. The first-order valence-electron chi connectivity index (χ1n) is 10.7. The van der Waals surface area contributed by atoms with Crippen molar-refractivity contribution < 1.29 is 19.1 Å². The van der Waals surface area contributed by atoms with Gasteiger partial charge in [0, 0.05) is 26.2 Å². The minimum atomic E-state index is -0.584. The number of fused-ring (bicyclic) bond motifs is 1. The quantitative estimate of drug-likeness (QED) is 0.786. The van der Waals surface area contributed by atoms with E-state index in [4.69, 9.17) is 4.74 Å². The molecule has 1 aliphatic carbocycles. The van der Waals surface area contributed by atoms with Crippen LogP contribution in [-0.2, 0) is 27.2 Å². The van der Waals surface area contributed by atoms with Gasteiger partial charge in [0.2, 0.25) is 0 Å². The van der Waals surface area contributed by atoms with E-state index in [2.05, 4.69) is 23.5 Å². The SMILES string of the molecule is CCOC(=O)N1CCN(C(=O)C(=O)NC(CC)c2ccc3c(c2)CCCC3)CC1. The minimum Gasteiger partial charge on any atom is -0.450 e. The molecule has 1 fully saturated rings. The van der Waals surface area contributed by atoms with Gasteiger partial charge in [-0.25, -0.2) is 4.79 Å². The Morgan fingerprint density at radius 2 is 1.66 bits per heavy atom. The number of nitrogens with zero attached hydrogens (tertiary/aromatic N) is 2. The molecule has 1 aromatic carbocycles. The Labute approximate surface area is 172 Å². The Balaban J connectivity index is 1.57. The van der Waals surface area contributed by atoms with E-state index in [-0.39, 0.29) is 12.1 Å². The molecule has 2 aliphatic rings. The number of ether oxygens (including phenoxy) is 1. The lowest BCUT2D eigenvalue weighted by molar-refractivity contribution is -0.147. The highest BCUT2D eigenvalue weighted by molar-refractivity contribution is 6.35. The van der Waals surface area contributed by atoms with Crippen LogP contribution in [0.1, 0.15) is 55.8 Å². The highest BCUT2D eigenvalue weighted by Gasteiger charge is 2.29. The molecule has 1 aliphatic heterocycles. The molecule has 1 aromatic rings. The molecule has 29 heavy (non-hydrogen) atoms. The molecule has 0 radical (unpaired) electrons. The molecule has 1 N–H and O–H groups in total. The summed E-state index contributed by atoms with van der Waals surface area (Å²) in [6, 6.07) is 6.24. The molecular weight excluding hydrogens is 370 g/mol. The van der Waals surface area contributed by atoms with Crippen molar-refractivity contribution in [2.75, 3.05) is 32.8 Å². The van der Waals surface area contributed by atoms with Crippen molar-refractivity contribution in [3.63, 3.8) is 0 Å². The van der Waals surface area contributed by atoms with Crippen molar-refractivity contribution in [3.05, 3.63) is 34.9 Å². The van der Waals surface area contributed by atoms with Crippen LogP contribution in [0.3, 0.4) is 0 Å². The molecular formula is C22H31N3O4. The van der Waals surface area contributed by atoms with Gasteiger partial charge < -0.3 is 19.9 Å². The van der Waals surface area contributed by atoms with Gasteiger partial charge in [0.15, 0.2) is 0 Å². The number of carbonyl (C=O) groups excluding carboxylic acids is 3. The summed E-state index contributed by atoms with van der Waals surface area (Å²) in [5.41, 5.74) is 3.82. The number of amides is 3. The van der Waals surface area contributed by atoms with Crippen LogP contribution in [0.15, 0.2) is 18.2 Å². The summed E-state index contributed by atoms with van der Waals surface area (Å²) in [6.45, 7) is 5.50. The second-order valence-corrected chi connectivity index (χ2v) is 7.65. The van der Waals surface area contributed by atoms with Gasteiger partial charge in [-0.05, 0) is 55.7 Å². The average molecular weight is 402 g/mol. The molecule has 1 heterocycles. The number of rotatable bonds is 4. The van der Waals surface area contributed by atoms with Crippen LogP contribution in [-0.4, -0.2) is 60.5 Å². The van der Waals surface area contributed by atoms with E-state index >= 15 is 0 Å². The smallest absolute Gasteiger partial charge is 0.409 e. The van der Waals surface area contributed by atoms with Crippen molar-refractivity contribution in [1.82, 2.24) is 15.1 Å². The Morgan fingerprint density at radius 1 is 1.00 bits per heavy atom. The zero-order valence-electron chi connectivity index (χ0n) is 17.4. The fraction of sp³-hybridized carbons (Fsp3) is 0.591. The number of carbonyl (C=O) groups is 3. The first-order chi connectivity index (χ1) is 14.0. The van der Waals surface area contributed by atoms with E-state index in [1.54, 1.807) is 11.8 Å². The number of piperazine rings is 1. The number of aryl methyl sites for hydroxylation is 2. The molecule has 1 unspecified atom stereocenters. The largest absolute Gasteiger partial charge is 0.450 e. The van der Waals surface area contributed by atoms with Gasteiger partial charge in [-0.1, -0.05) is 25.1 Å². The summed E-state index contributed by atoms with van der Waals surface area (Å²) >= 11 is 0. The maximum Gasteiger partial charge on any atom is 0.409 e. The lowest BCUT2D eigenvalue weighted by Gasteiger charge is -2.33. The van der Waals surface area contributed by atoms with Crippen molar-refractivity contribution in [2.45, 2.75) is 52.0 Å². The lowest BCUT2D eigenvalue weighted by atomic mass is 9.89. The molecule has 0 aromatic heterocycles. The number of nitrogens with one attached hydrogen (secondary N) is 1. The Morgan fingerprint density at radius 3 is 2.31 bits per heavy atom. The highest BCUT2D eigenvalue weighted by atomic mass is 16.6. The number of hydrogen-bond acceptors (Lipinski definition) is 4. The third kappa shape index (κ3) is 5.08. The second-order valence-electron chi connectivity index (χ2n) is 7.65. The van der Waals surface area contributed by atoms with E-state index in [9.17, 15) is 14.4 Å². The molecule has 7 nitrogen and oxygen atoms in total. The molecule has 1 saturated heterocycles. The summed E-state index contributed by atoms with van der Waals surface area (Å²) in [7, 11) is 0. The third-order valence-electron chi connectivity index (χ3n) is 5.78. The third-order valence-corrected chi connectivity index (χ3v) is 5.78. The summed E-state index contributed by atoms with van der Waals surface area (Å²) in [5, 5.41) is 2.91. The van der Waals surface area contributed by atoms with E-state index in [1.165, 1.54) is 28.9 Å². The van der Waals surface area contributed by atoms with Gasteiger partial charge in [-0.3, -0.25) is 9.59 Å². The Hall–Kier alpha value is -2.57. The van der Waals surface area contributed by atoms with E-state index in [1.807, 2.05) is 6.92 Å². The van der Waals surface area contributed by atoms with Crippen molar-refractivity contribution in [3.8, 4) is 0 Å². The van der Waals surface area contributed by atoms with E-state index in [0.29, 0.717) is 39.2 Å². The number of benzene rings is 1. The summed E-state index contributed by atoms with van der Waals surface area (Å²) in [5.74, 6) is -1.12. The first-order valence-corrected chi connectivity index (χ1v) is 10.7. The van der Waals surface area contributed by atoms with Crippen LogP contribution in [0.4, 0.5) is 4.79 Å². The monoisotopic (exact) mass is 401 g/mol. The van der Waals surface area contributed by atoms with Crippen molar-refractivity contribution >= 4 is 17.9 Å². The normalized spacial score (nSPS) is 17.3. The van der Waals surface area contributed by atoms with Crippen molar-refractivity contribution in [1.29, 1.82) is 0 Å². The van der Waals surface area contributed by atoms with Crippen molar-refractivity contribution in [2.24, 2.45) is 0 Å². The molecule has 3 rings (SSSR count). The maximum atomic E-state index is 12.6. The van der Waals surface area contributed by atoms with Crippen LogP contribution in [0.2, 0.25) is 0 Å². The summed E-state index contributed by atoms with van der Waals surface area (Å²) < 4.78 is 4.98. The lowest BCUT2D eigenvalue weighted by Crippen LogP contribution is -2.54. The van der Waals surface area contributed by atoms with Crippen LogP contribution in [0.5, 0.6) is 0 Å². The molecule has 3 amide bonds. The van der Waals surface area contributed by atoms with Gasteiger partial charge >= 0.3 is 17.9 Å². The molecule has 7 heteroatoms. The molecule has 0 bridgehead atoms. The predicted octanol–water partition coefficient (Wildman–Crippen LogP) is 2.43. The summed E-state index contributed by atoms with van der Waals surface area (Å²) in [6.07, 6.45) is 4.98. The molecule has 1 atom stereocenters. The second kappa shape index (κ2) is 9.76. The van der Waals surface area contributed by atoms with E-state index in [0.717, 1.165) is 18.4 Å². The first kappa shape index (κ1) is 21.1. The zero-order valence-corrected chi connectivity index (χ0v) is 17.4. The molecule has 0 spiro atoms. The highest BCUT2D eigenvalue weighted by Crippen LogP contribution is 2.26. The van der Waals surface area contributed by atoms with Gasteiger partial charge in [0.25, 0.3) is 0 Å². The fourth-order valence-corrected chi connectivity index (χ4v) is 4.06. The van der Waals surface area contributed by atoms with Gasteiger partial charge in [0.1, 0.15) is 0 Å². The number of hydrogen-bond donors (Lipinski definition) is 1. The van der Waals surface area contributed by atoms with Gasteiger partial charge in [-0.2, -0.15) is 0 Å². The van der Waals surface area contributed by atoms with Crippen LogP contribution < -0.4 is 5.32 Å². The van der Waals surface area contributed by atoms with Crippen LogP contribution >= 0.6 is 0 Å². The topological polar surface area (TPSA) is 79.0 Å². The minimum absolute atomic E-state index is 0.181. The fourth-order valence-electron chi connectivity index (χ4n) is 4.06. The molecule has 158 valence electrons. The predicted molar refractivity (Wildman–Crippen MR) is 109 cm³/mol. The Kier molecular flexibility index (Phi) is 7.12. The summed E-state index contributed by atoms with van der Waals surface area (Å²) in [4.78, 5) is 40.0. The van der Waals surface area contributed by atoms with Crippen LogP contribution in [0, 0.1) is 0 Å². The van der Waals surface area contributed by atoms with Gasteiger partial charge in [-0.15, -0.1) is 0 Å². The maximum absolute atomic E-state index is 12.6.